The molecule has 1 aromatic rings. The molecule has 140 valence electrons. The average molecular weight is 357 g/mol. The molecule has 26 heavy (non-hydrogen) atoms. The van der Waals surface area contributed by atoms with Crippen molar-refractivity contribution in [1.29, 1.82) is 0 Å². The lowest BCUT2D eigenvalue weighted by atomic mass is 10.0. The van der Waals surface area contributed by atoms with Crippen molar-refractivity contribution in [2.24, 2.45) is 11.8 Å². The number of amides is 2. The number of nitrogens with zero attached hydrogens (tertiary/aromatic N) is 2. The van der Waals surface area contributed by atoms with Gasteiger partial charge < -0.3 is 19.9 Å². The van der Waals surface area contributed by atoms with Crippen LogP contribution in [-0.2, 0) is 4.79 Å². The number of ether oxygens (including phenoxy) is 1. The van der Waals surface area contributed by atoms with Gasteiger partial charge in [-0.2, -0.15) is 0 Å². The molecule has 0 bridgehead atoms. The molecule has 1 aliphatic heterocycles. The molecule has 3 aliphatic rings. The molecule has 2 saturated carbocycles. The van der Waals surface area contributed by atoms with Crippen molar-refractivity contribution in [3.63, 3.8) is 0 Å². The number of carbonyl (C=O) groups is 2. The SMILES string of the molecule is CN(C)C1C[C@@H]2CC(N(C)C(=O)c3ccc4c(c3)OCC(=O)N4)C[C@@H]2C1. The van der Waals surface area contributed by atoms with E-state index in [1.54, 1.807) is 18.2 Å². The van der Waals surface area contributed by atoms with Gasteiger partial charge in [-0.05, 0) is 69.8 Å². The van der Waals surface area contributed by atoms with Gasteiger partial charge in [0.1, 0.15) is 5.75 Å². The van der Waals surface area contributed by atoms with Crippen LogP contribution < -0.4 is 10.1 Å². The van der Waals surface area contributed by atoms with Crippen LogP contribution in [0.5, 0.6) is 5.75 Å². The fourth-order valence-corrected chi connectivity index (χ4v) is 4.87. The van der Waals surface area contributed by atoms with E-state index in [4.69, 9.17) is 4.74 Å². The highest BCUT2D eigenvalue weighted by molar-refractivity contribution is 5.99. The molecule has 0 spiro atoms. The molecule has 2 unspecified atom stereocenters. The number of carbonyl (C=O) groups excluding carboxylic acids is 2. The number of benzene rings is 1. The highest BCUT2D eigenvalue weighted by Gasteiger charge is 2.44. The van der Waals surface area contributed by atoms with E-state index in [0.717, 1.165) is 24.7 Å². The zero-order chi connectivity index (χ0) is 18.4. The Hall–Kier alpha value is -2.08. The Bertz CT molecular complexity index is 719. The summed E-state index contributed by atoms with van der Waals surface area (Å²) in [6.45, 7) is -0.000486. The largest absolute Gasteiger partial charge is 0.482 e. The van der Waals surface area contributed by atoms with Crippen molar-refractivity contribution in [2.45, 2.75) is 37.8 Å². The zero-order valence-electron chi connectivity index (χ0n) is 15.7. The highest BCUT2D eigenvalue weighted by Crippen LogP contribution is 2.46. The first-order chi connectivity index (χ1) is 12.4. The second-order valence-corrected chi connectivity index (χ2v) is 8.20. The minimum Gasteiger partial charge on any atom is -0.482 e. The predicted molar refractivity (Wildman–Crippen MR) is 99.4 cm³/mol. The molecular weight excluding hydrogens is 330 g/mol. The maximum atomic E-state index is 12.9. The maximum Gasteiger partial charge on any atom is 0.262 e. The van der Waals surface area contributed by atoms with E-state index in [1.165, 1.54) is 12.8 Å². The van der Waals surface area contributed by atoms with Gasteiger partial charge in [-0.25, -0.2) is 0 Å². The van der Waals surface area contributed by atoms with Gasteiger partial charge >= 0.3 is 0 Å². The summed E-state index contributed by atoms with van der Waals surface area (Å²) in [5.74, 6) is 1.92. The molecule has 2 fully saturated rings. The lowest BCUT2D eigenvalue weighted by molar-refractivity contribution is -0.118. The Morgan fingerprint density at radius 2 is 1.73 bits per heavy atom. The van der Waals surface area contributed by atoms with Gasteiger partial charge in [-0.3, -0.25) is 9.59 Å². The number of nitrogens with one attached hydrogen (secondary N) is 1. The fraction of sp³-hybridized carbons (Fsp3) is 0.600. The van der Waals surface area contributed by atoms with Gasteiger partial charge in [0.15, 0.2) is 6.61 Å². The molecule has 1 N–H and O–H groups in total. The van der Waals surface area contributed by atoms with E-state index in [1.807, 2.05) is 11.9 Å². The van der Waals surface area contributed by atoms with E-state index in [9.17, 15) is 9.59 Å². The van der Waals surface area contributed by atoms with Gasteiger partial charge in [-0.15, -0.1) is 0 Å². The summed E-state index contributed by atoms with van der Waals surface area (Å²) < 4.78 is 5.44. The first kappa shape index (κ1) is 17.3. The van der Waals surface area contributed by atoms with Crippen LogP contribution in [0.15, 0.2) is 18.2 Å². The number of rotatable bonds is 3. The monoisotopic (exact) mass is 357 g/mol. The molecule has 0 radical (unpaired) electrons. The molecule has 0 saturated heterocycles. The molecule has 0 aromatic heterocycles. The Morgan fingerprint density at radius 3 is 2.38 bits per heavy atom. The van der Waals surface area contributed by atoms with Crippen LogP contribution in [0.2, 0.25) is 0 Å². The Kier molecular flexibility index (Phi) is 4.39. The smallest absolute Gasteiger partial charge is 0.262 e. The minimum atomic E-state index is -0.165. The lowest BCUT2D eigenvalue weighted by Crippen LogP contribution is -2.36. The third kappa shape index (κ3) is 3.07. The molecule has 4 rings (SSSR count). The quantitative estimate of drug-likeness (QED) is 0.901. The van der Waals surface area contributed by atoms with Crippen molar-refractivity contribution < 1.29 is 14.3 Å². The van der Waals surface area contributed by atoms with E-state index < -0.39 is 0 Å². The topological polar surface area (TPSA) is 61.9 Å². The summed E-state index contributed by atoms with van der Waals surface area (Å²) in [6, 6.07) is 6.27. The number of hydrogen-bond donors (Lipinski definition) is 1. The average Bonchev–Trinajstić information content (AvgIpc) is 3.19. The van der Waals surface area contributed by atoms with Crippen molar-refractivity contribution in [2.75, 3.05) is 33.1 Å². The first-order valence-corrected chi connectivity index (χ1v) is 9.42. The molecule has 6 heteroatoms. The van der Waals surface area contributed by atoms with Gasteiger partial charge in [0.25, 0.3) is 11.8 Å². The van der Waals surface area contributed by atoms with Gasteiger partial charge in [0, 0.05) is 24.7 Å². The number of hydrogen-bond acceptors (Lipinski definition) is 4. The van der Waals surface area contributed by atoms with E-state index in [2.05, 4.69) is 24.3 Å². The maximum absolute atomic E-state index is 12.9. The molecule has 2 amide bonds. The summed E-state index contributed by atoms with van der Waals surface area (Å²) in [5.41, 5.74) is 1.25. The summed E-state index contributed by atoms with van der Waals surface area (Å²) in [6.07, 6.45) is 4.72. The third-order valence-electron chi connectivity index (χ3n) is 6.43. The Balaban J connectivity index is 1.42. The van der Waals surface area contributed by atoms with Gasteiger partial charge in [0.2, 0.25) is 0 Å². The van der Waals surface area contributed by atoms with Gasteiger partial charge in [0.05, 0.1) is 5.69 Å². The minimum absolute atomic E-state index is 0.000486. The predicted octanol–water partition coefficient (Wildman–Crippen LogP) is 2.21. The van der Waals surface area contributed by atoms with Crippen LogP contribution in [0.3, 0.4) is 0 Å². The van der Waals surface area contributed by atoms with Crippen LogP contribution in [-0.4, -0.2) is 61.4 Å². The summed E-state index contributed by atoms with van der Waals surface area (Å²) in [4.78, 5) is 28.6. The summed E-state index contributed by atoms with van der Waals surface area (Å²) in [7, 11) is 6.25. The molecule has 1 aromatic carbocycles. The summed E-state index contributed by atoms with van der Waals surface area (Å²) in [5, 5.41) is 2.76. The van der Waals surface area contributed by atoms with Gasteiger partial charge in [-0.1, -0.05) is 0 Å². The fourth-order valence-electron chi connectivity index (χ4n) is 4.87. The first-order valence-electron chi connectivity index (χ1n) is 9.42. The van der Waals surface area contributed by atoms with Crippen LogP contribution >= 0.6 is 0 Å². The second-order valence-electron chi connectivity index (χ2n) is 8.20. The second kappa shape index (κ2) is 6.58. The normalized spacial score (nSPS) is 29.8. The molecule has 1 heterocycles. The van der Waals surface area contributed by atoms with Crippen molar-refractivity contribution >= 4 is 17.5 Å². The van der Waals surface area contributed by atoms with E-state index >= 15 is 0 Å². The number of fused-ring (bicyclic) bond motifs is 2. The van der Waals surface area contributed by atoms with Crippen LogP contribution in [0.25, 0.3) is 0 Å². The van der Waals surface area contributed by atoms with Crippen molar-refractivity contribution in [1.82, 2.24) is 9.80 Å². The van der Waals surface area contributed by atoms with Crippen molar-refractivity contribution in [3.05, 3.63) is 23.8 Å². The molecule has 4 atom stereocenters. The van der Waals surface area contributed by atoms with Crippen LogP contribution in [0.1, 0.15) is 36.0 Å². The van der Waals surface area contributed by atoms with E-state index in [0.29, 0.717) is 29.1 Å². The Morgan fingerprint density at radius 1 is 1.08 bits per heavy atom. The van der Waals surface area contributed by atoms with Crippen LogP contribution in [0, 0.1) is 11.8 Å². The third-order valence-corrected chi connectivity index (χ3v) is 6.43. The van der Waals surface area contributed by atoms with E-state index in [-0.39, 0.29) is 18.4 Å². The standard InChI is InChI=1S/C20H27N3O3/c1-22(2)15-6-13-8-16(9-14(13)7-15)23(3)20(25)12-4-5-17-18(10-12)26-11-19(24)21-17/h4-5,10,13-16H,6-9,11H2,1-3H3,(H,21,24)/t13-,14+,15?,16?. The summed E-state index contributed by atoms with van der Waals surface area (Å²) >= 11 is 0. The number of anilines is 1. The molecule has 2 aliphatic carbocycles. The van der Waals surface area contributed by atoms with Crippen molar-refractivity contribution in [3.8, 4) is 5.75 Å². The zero-order valence-corrected chi connectivity index (χ0v) is 15.7. The molecule has 6 nitrogen and oxygen atoms in total. The highest BCUT2D eigenvalue weighted by atomic mass is 16.5. The molecular formula is C20H27N3O3. The Labute approximate surface area is 154 Å². The lowest BCUT2D eigenvalue weighted by Gasteiger charge is -2.27. The van der Waals surface area contributed by atoms with Crippen LogP contribution in [0.4, 0.5) is 5.69 Å².